The van der Waals surface area contributed by atoms with Crippen LogP contribution < -0.4 is 10.2 Å². The van der Waals surface area contributed by atoms with Crippen LogP contribution in [0.5, 0.6) is 0 Å². The van der Waals surface area contributed by atoms with Gasteiger partial charge in [-0.3, -0.25) is 9.59 Å². The van der Waals surface area contributed by atoms with Gasteiger partial charge >= 0.3 is 0 Å². The molecule has 4 nitrogen and oxygen atoms in total. The van der Waals surface area contributed by atoms with E-state index in [9.17, 15) is 18.4 Å². The number of hydrogen-bond donors (Lipinski definition) is 1. The first-order chi connectivity index (χ1) is 9.99. The molecule has 2 amide bonds. The Kier molecular flexibility index (Phi) is 4.88. The van der Waals surface area contributed by atoms with Crippen LogP contribution in [0.25, 0.3) is 0 Å². The SMILES string of the molecule is CC(=O)N(CCNC(=O)C1CCC1)c1ccc(F)cc1F. The van der Waals surface area contributed by atoms with E-state index in [0.717, 1.165) is 31.4 Å². The number of benzene rings is 1. The summed E-state index contributed by atoms with van der Waals surface area (Å²) in [5.41, 5.74) is 0.0155. The Balaban J connectivity index is 1.95. The molecule has 2 rings (SSSR count). The molecule has 114 valence electrons. The van der Waals surface area contributed by atoms with E-state index in [4.69, 9.17) is 0 Å². The molecule has 6 heteroatoms. The molecule has 0 bridgehead atoms. The average molecular weight is 296 g/mol. The Hall–Kier alpha value is -1.98. The first kappa shape index (κ1) is 15.4. The van der Waals surface area contributed by atoms with Crippen LogP contribution in [0.3, 0.4) is 0 Å². The highest BCUT2D eigenvalue weighted by Gasteiger charge is 2.25. The van der Waals surface area contributed by atoms with Gasteiger partial charge in [0.2, 0.25) is 11.8 Å². The summed E-state index contributed by atoms with van der Waals surface area (Å²) in [6.07, 6.45) is 2.86. The molecule has 0 radical (unpaired) electrons. The summed E-state index contributed by atoms with van der Waals surface area (Å²) in [7, 11) is 0. The molecule has 0 spiro atoms. The van der Waals surface area contributed by atoms with Crippen molar-refractivity contribution in [2.24, 2.45) is 5.92 Å². The first-order valence-electron chi connectivity index (χ1n) is 7.00. The predicted molar refractivity (Wildman–Crippen MR) is 74.7 cm³/mol. The lowest BCUT2D eigenvalue weighted by molar-refractivity contribution is -0.127. The molecular weight excluding hydrogens is 278 g/mol. The Morgan fingerprint density at radius 1 is 1.33 bits per heavy atom. The summed E-state index contributed by atoms with van der Waals surface area (Å²) in [6, 6.07) is 3.05. The summed E-state index contributed by atoms with van der Waals surface area (Å²) in [6.45, 7) is 1.69. The number of nitrogens with zero attached hydrogens (tertiary/aromatic N) is 1. The van der Waals surface area contributed by atoms with Crippen LogP contribution in [0.2, 0.25) is 0 Å². The quantitative estimate of drug-likeness (QED) is 0.906. The monoisotopic (exact) mass is 296 g/mol. The smallest absolute Gasteiger partial charge is 0.224 e. The fraction of sp³-hybridized carbons (Fsp3) is 0.467. The van der Waals surface area contributed by atoms with Gasteiger partial charge in [-0.15, -0.1) is 0 Å². The number of amides is 2. The van der Waals surface area contributed by atoms with Crippen LogP contribution in [0, 0.1) is 17.6 Å². The number of nitrogens with one attached hydrogen (secondary N) is 1. The minimum atomic E-state index is -0.796. The number of carbonyl (C=O) groups is 2. The largest absolute Gasteiger partial charge is 0.354 e. The average Bonchev–Trinajstić information content (AvgIpc) is 2.33. The molecule has 1 aliphatic rings. The van der Waals surface area contributed by atoms with E-state index in [1.165, 1.54) is 17.9 Å². The van der Waals surface area contributed by atoms with Crippen molar-refractivity contribution in [1.82, 2.24) is 5.32 Å². The summed E-state index contributed by atoms with van der Waals surface area (Å²) in [5.74, 6) is -1.81. The third-order valence-corrected chi connectivity index (χ3v) is 3.69. The highest BCUT2D eigenvalue weighted by molar-refractivity contribution is 5.91. The second-order valence-electron chi connectivity index (χ2n) is 5.19. The molecule has 0 unspecified atom stereocenters. The topological polar surface area (TPSA) is 49.4 Å². The van der Waals surface area contributed by atoms with Gasteiger partial charge in [-0.25, -0.2) is 8.78 Å². The van der Waals surface area contributed by atoms with Crippen LogP contribution in [0.15, 0.2) is 18.2 Å². The molecule has 0 aliphatic heterocycles. The fourth-order valence-electron chi connectivity index (χ4n) is 2.25. The second kappa shape index (κ2) is 6.65. The van der Waals surface area contributed by atoms with Crippen molar-refractivity contribution < 1.29 is 18.4 Å². The van der Waals surface area contributed by atoms with Crippen LogP contribution in [-0.4, -0.2) is 24.9 Å². The maximum absolute atomic E-state index is 13.7. The molecule has 1 aliphatic carbocycles. The third kappa shape index (κ3) is 3.77. The number of rotatable bonds is 5. The molecule has 0 saturated heterocycles. The standard InChI is InChI=1S/C15H18F2N2O2/c1-10(20)19(14-6-5-12(16)9-13(14)17)8-7-18-15(21)11-3-2-4-11/h5-6,9,11H,2-4,7-8H2,1H3,(H,18,21). The summed E-state index contributed by atoms with van der Waals surface area (Å²) < 4.78 is 26.6. The zero-order valence-corrected chi connectivity index (χ0v) is 11.9. The molecule has 0 atom stereocenters. The van der Waals surface area contributed by atoms with Crippen LogP contribution in [0.4, 0.5) is 14.5 Å². The summed E-state index contributed by atoms with van der Waals surface area (Å²) in [4.78, 5) is 24.5. The number of carbonyl (C=O) groups excluding carboxylic acids is 2. The van der Waals surface area contributed by atoms with E-state index in [-0.39, 0.29) is 36.5 Å². The lowest BCUT2D eigenvalue weighted by atomic mass is 9.85. The van der Waals surface area contributed by atoms with E-state index in [0.29, 0.717) is 0 Å². The summed E-state index contributed by atoms with van der Waals surface area (Å²) >= 11 is 0. The lowest BCUT2D eigenvalue weighted by Crippen LogP contribution is -2.41. The Morgan fingerprint density at radius 2 is 2.05 bits per heavy atom. The minimum absolute atomic E-state index is 0.0155. The Labute approximate surface area is 122 Å². The number of hydrogen-bond acceptors (Lipinski definition) is 2. The van der Waals surface area contributed by atoms with E-state index in [1.807, 2.05) is 0 Å². The normalized spacial score (nSPS) is 14.4. The molecule has 1 N–H and O–H groups in total. The van der Waals surface area contributed by atoms with Crippen molar-refractivity contribution in [2.75, 3.05) is 18.0 Å². The molecule has 1 saturated carbocycles. The van der Waals surface area contributed by atoms with Gasteiger partial charge in [0, 0.05) is 32.0 Å². The predicted octanol–water partition coefficient (Wildman–Crippen LogP) is 2.23. The van der Waals surface area contributed by atoms with E-state index in [2.05, 4.69) is 5.32 Å². The van der Waals surface area contributed by atoms with Crippen LogP contribution in [-0.2, 0) is 9.59 Å². The van der Waals surface area contributed by atoms with Crippen molar-refractivity contribution in [1.29, 1.82) is 0 Å². The molecule has 21 heavy (non-hydrogen) atoms. The zero-order chi connectivity index (χ0) is 15.4. The molecule has 1 aromatic carbocycles. The van der Waals surface area contributed by atoms with Crippen molar-refractivity contribution in [3.8, 4) is 0 Å². The molecule has 0 heterocycles. The van der Waals surface area contributed by atoms with Gasteiger partial charge < -0.3 is 10.2 Å². The van der Waals surface area contributed by atoms with Crippen LogP contribution in [0.1, 0.15) is 26.2 Å². The number of halogens is 2. The van der Waals surface area contributed by atoms with Crippen molar-refractivity contribution in [3.05, 3.63) is 29.8 Å². The maximum Gasteiger partial charge on any atom is 0.224 e. The summed E-state index contributed by atoms with van der Waals surface area (Å²) in [5, 5.41) is 2.74. The van der Waals surface area contributed by atoms with Crippen molar-refractivity contribution in [2.45, 2.75) is 26.2 Å². The molecule has 1 fully saturated rings. The van der Waals surface area contributed by atoms with Crippen LogP contribution >= 0.6 is 0 Å². The second-order valence-corrected chi connectivity index (χ2v) is 5.19. The first-order valence-corrected chi connectivity index (χ1v) is 7.00. The maximum atomic E-state index is 13.7. The van der Waals surface area contributed by atoms with Gasteiger partial charge in [0.15, 0.2) is 0 Å². The molecule has 1 aromatic rings. The Bertz CT molecular complexity index is 544. The van der Waals surface area contributed by atoms with E-state index in [1.54, 1.807) is 0 Å². The minimum Gasteiger partial charge on any atom is -0.354 e. The third-order valence-electron chi connectivity index (χ3n) is 3.69. The Morgan fingerprint density at radius 3 is 2.57 bits per heavy atom. The fourth-order valence-corrected chi connectivity index (χ4v) is 2.25. The molecule has 0 aromatic heterocycles. The van der Waals surface area contributed by atoms with Crippen molar-refractivity contribution in [3.63, 3.8) is 0 Å². The molecular formula is C15H18F2N2O2. The lowest BCUT2D eigenvalue weighted by Gasteiger charge is -2.26. The highest BCUT2D eigenvalue weighted by atomic mass is 19.1. The van der Waals surface area contributed by atoms with E-state index < -0.39 is 11.6 Å². The van der Waals surface area contributed by atoms with Gasteiger partial charge in [0.05, 0.1) is 5.69 Å². The van der Waals surface area contributed by atoms with Crippen molar-refractivity contribution >= 4 is 17.5 Å². The zero-order valence-electron chi connectivity index (χ0n) is 11.9. The number of anilines is 1. The van der Waals surface area contributed by atoms with Gasteiger partial charge in [0.25, 0.3) is 0 Å². The van der Waals surface area contributed by atoms with E-state index >= 15 is 0 Å². The van der Waals surface area contributed by atoms with Gasteiger partial charge in [-0.05, 0) is 25.0 Å². The van der Waals surface area contributed by atoms with Gasteiger partial charge in [-0.1, -0.05) is 6.42 Å². The highest BCUT2D eigenvalue weighted by Crippen LogP contribution is 2.26. The van der Waals surface area contributed by atoms with Gasteiger partial charge in [0.1, 0.15) is 11.6 Å². The van der Waals surface area contributed by atoms with Gasteiger partial charge in [-0.2, -0.15) is 0 Å².